The van der Waals surface area contributed by atoms with Crippen LogP contribution in [0.4, 0.5) is 5.13 Å². The quantitative estimate of drug-likeness (QED) is 0.684. The van der Waals surface area contributed by atoms with Crippen molar-refractivity contribution in [2.45, 2.75) is 27.4 Å². The van der Waals surface area contributed by atoms with Gasteiger partial charge in [0.1, 0.15) is 11.5 Å². The predicted octanol–water partition coefficient (Wildman–Crippen LogP) is 4.13. The van der Waals surface area contributed by atoms with Gasteiger partial charge in [0.25, 0.3) is 5.91 Å². The second-order valence-electron chi connectivity index (χ2n) is 6.13. The lowest BCUT2D eigenvalue weighted by Gasteiger charge is -2.09. The van der Waals surface area contributed by atoms with Crippen molar-refractivity contribution < 1.29 is 18.8 Å². The first-order chi connectivity index (χ1) is 12.9. The van der Waals surface area contributed by atoms with E-state index >= 15 is 0 Å². The van der Waals surface area contributed by atoms with E-state index in [2.05, 4.69) is 15.5 Å². The number of hydrogen-bond donors (Lipinski definition) is 1. The van der Waals surface area contributed by atoms with Crippen LogP contribution in [0.2, 0.25) is 0 Å². The number of amides is 1. The van der Waals surface area contributed by atoms with Crippen LogP contribution in [0.3, 0.4) is 0 Å². The van der Waals surface area contributed by atoms with Crippen molar-refractivity contribution in [1.29, 1.82) is 0 Å². The number of hydrogen-bond acceptors (Lipinski definition) is 7. The van der Waals surface area contributed by atoms with Crippen LogP contribution in [0.5, 0.6) is 5.75 Å². The van der Waals surface area contributed by atoms with Gasteiger partial charge in [-0.2, -0.15) is 0 Å². The molecular weight excluding hydrogens is 366 g/mol. The van der Waals surface area contributed by atoms with Crippen molar-refractivity contribution in [2.75, 3.05) is 19.5 Å². The number of aryl methyl sites for hydroxylation is 3. The maximum Gasteiger partial charge on any atom is 0.280 e. The number of ether oxygens (including phenoxy) is 2. The summed E-state index contributed by atoms with van der Waals surface area (Å²) in [6, 6.07) is 4.02. The molecule has 0 aliphatic carbocycles. The minimum Gasteiger partial charge on any atom is -0.496 e. The van der Waals surface area contributed by atoms with Crippen molar-refractivity contribution in [2.24, 2.45) is 0 Å². The molecule has 2 heterocycles. The normalized spacial score (nSPS) is 10.9. The molecule has 1 N–H and O–H groups in total. The summed E-state index contributed by atoms with van der Waals surface area (Å²) < 4.78 is 15.6. The first kappa shape index (κ1) is 19.1. The standard InChI is InChI=1S/C19H21N3O4S/c1-10-7-16(25-5)11(2)6-13(10)15-9-27-19(20-15)21-18(23)17-14(8-24-4)12(3)26-22-17/h6-7,9H,8H2,1-5H3,(H,20,21,23). The average molecular weight is 387 g/mol. The minimum atomic E-state index is -0.373. The number of rotatable bonds is 6. The fourth-order valence-electron chi connectivity index (χ4n) is 2.78. The molecule has 1 aromatic carbocycles. The molecule has 7 nitrogen and oxygen atoms in total. The van der Waals surface area contributed by atoms with Gasteiger partial charge in [0, 0.05) is 18.1 Å². The lowest BCUT2D eigenvalue weighted by atomic mass is 10.0. The second-order valence-corrected chi connectivity index (χ2v) is 6.99. The molecule has 0 atom stereocenters. The molecule has 0 saturated heterocycles. The van der Waals surface area contributed by atoms with Crippen LogP contribution >= 0.6 is 11.3 Å². The van der Waals surface area contributed by atoms with Crippen LogP contribution in [-0.2, 0) is 11.3 Å². The molecule has 3 rings (SSSR count). The van der Waals surface area contributed by atoms with Crippen LogP contribution in [0.1, 0.15) is 32.9 Å². The maximum absolute atomic E-state index is 12.5. The zero-order valence-electron chi connectivity index (χ0n) is 15.9. The summed E-state index contributed by atoms with van der Waals surface area (Å²) in [7, 11) is 3.21. The molecule has 3 aromatic rings. The van der Waals surface area contributed by atoms with Gasteiger partial charge < -0.3 is 14.0 Å². The summed E-state index contributed by atoms with van der Waals surface area (Å²) in [5, 5.41) is 9.02. The first-order valence-corrected chi connectivity index (χ1v) is 9.19. The van der Waals surface area contributed by atoms with Crippen LogP contribution in [-0.4, -0.2) is 30.3 Å². The van der Waals surface area contributed by atoms with E-state index in [4.69, 9.17) is 14.0 Å². The van der Waals surface area contributed by atoms with Crippen LogP contribution in [0.25, 0.3) is 11.3 Å². The molecule has 0 saturated carbocycles. The van der Waals surface area contributed by atoms with Gasteiger partial charge in [-0.15, -0.1) is 11.3 Å². The number of benzene rings is 1. The topological polar surface area (TPSA) is 86.5 Å². The maximum atomic E-state index is 12.5. The minimum absolute atomic E-state index is 0.211. The highest BCUT2D eigenvalue weighted by Gasteiger charge is 2.21. The van der Waals surface area contributed by atoms with Gasteiger partial charge in [-0.05, 0) is 44.0 Å². The van der Waals surface area contributed by atoms with E-state index < -0.39 is 0 Å². The highest BCUT2D eigenvalue weighted by molar-refractivity contribution is 7.14. The van der Waals surface area contributed by atoms with Crippen molar-refractivity contribution in [3.8, 4) is 17.0 Å². The fraction of sp³-hybridized carbons (Fsp3) is 0.316. The van der Waals surface area contributed by atoms with E-state index in [-0.39, 0.29) is 18.2 Å². The SMILES string of the molecule is COCc1c(C(=O)Nc2nc(-c3cc(C)c(OC)cc3C)cs2)noc1C. The number of methoxy groups -OCH3 is 2. The van der Waals surface area contributed by atoms with Gasteiger partial charge >= 0.3 is 0 Å². The predicted molar refractivity (Wildman–Crippen MR) is 103 cm³/mol. The lowest BCUT2D eigenvalue weighted by Crippen LogP contribution is -2.14. The summed E-state index contributed by atoms with van der Waals surface area (Å²) in [6.07, 6.45) is 0. The number of anilines is 1. The number of nitrogens with zero attached hydrogens (tertiary/aromatic N) is 2. The third-order valence-corrected chi connectivity index (χ3v) is 4.99. The number of thiazole rings is 1. The molecule has 0 aliphatic heterocycles. The second kappa shape index (κ2) is 7.89. The molecule has 27 heavy (non-hydrogen) atoms. The monoisotopic (exact) mass is 387 g/mol. The van der Waals surface area contributed by atoms with Crippen molar-refractivity contribution in [1.82, 2.24) is 10.1 Å². The molecule has 2 aromatic heterocycles. The smallest absolute Gasteiger partial charge is 0.280 e. The third-order valence-electron chi connectivity index (χ3n) is 4.23. The molecule has 0 bridgehead atoms. The van der Waals surface area contributed by atoms with Crippen LogP contribution in [0.15, 0.2) is 22.0 Å². The zero-order chi connectivity index (χ0) is 19.6. The Morgan fingerprint density at radius 3 is 2.70 bits per heavy atom. The molecule has 8 heteroatoms. The Labute approximate surface area is 161 Å². The van der Waals surface area contributed by atoms with Gasteiger partial charge in [0.15, 0.2) is 10.8 Å². The Morgan fingerprint density at radius 1 is 1.22 bits per heavy atom. The van der Waals surface area contributed by atoms with Crippen LogP contribution < -0.4 is 10.1 Å². The van der Waals surface area contributed by atoms with E-state index in [0.29, 0.717) is 16.5 Å². The molecule has 0 radical (unpaired) electrons. The van der Waals surface area contributed by atoms with Gasteiger partial charge in [0.05, 0.1) is 25.0 Å². The number of aromatic nitrogens is 2. The third kappa shape index (κ3) is 3.86. The Morgan fingerprint density at radius 2 is 2.00 bits per heavy atom. The Balaban J connectivity index is 1.83. The van der Waals surface area contributed by atoms with Gasteiger partial charge in [-0.3, -0.25) is 10.1 Å². The van der Waals surface area contributed by atoms with Gasteiger partial charge in [0.2, 0.25) is 0 Å². The average Bonchev–Trinajstić information content (AvgIpc) is 3.24. The molecule has 1 amide bonds. The van der Waals surface area contributed by atoms with Crippen LogP contribution in [0, 0.1) is 20.8 Å². The van der Waals surface area contributed by atoms with E-state index in [1.165, 1.54) is 11.3 Å². The van der Waals surface area contributed by atoms with E-state index in [9.17, 15) is 4.79 Å². The summed E-state index contributed by atoms with van der Waals surface area (Å²) in [5.74, 6) is 1.03. The molecule has 0 spiro atoms. The Hall–Kier alpha value is -2.71. The van der Waals surface area contributed by atoms with E-state index in [1.807, 2.05) is 31.4 Å². The highest BCUT2D eigenvalue weighted by atomic mass is 32.1. The highest BCUT2D eigenvalue weighted by Crippen LogP contribution is 2.32. The first-order valence-electron chi connectivity index (χ1n) is 8.31. The van der Waals surface area contributed by atoms with E-state index in [0.717, 1.165) is 28.1 Å². The fourth-order valence-corrected chi connectivity index (χ4v) is 3.49. The molecule has 0 unspecified atom stereocenters. The van der Waals surface area contributed by atoms with Gasteiger partial charge in [-0.1, -0.05) is 5.16 Å². The lowest BCUT2D eigenvalue weighted by molar-refractivity contribution is 0.101. The number of carbonyl (C=O) groups is 1. The zero-order valence-corrected chi connectivity index (χ0v) is 16.7. The summed E-state index contributed by atoms with van der Waals surface area (Å²) in [6.45, 7) is 5.99. The molecular formula is C19H21N3O4S. The number of carbonyl (C=O) groups excluding carboxylic acids is 1. The molecule has 0 aliphatic rings. The Bertz CT molecular complexity index is 977. The molecule has 0 fully saturated rings. The number of nitrogens with one attached hydrogen (secondary N) is 1. The van der Waals surface area contributed by atoms with Crippen molar-refractivity contribution in [3.63, 3.8) is 0 Å². The van der Waals surface area contributed by atoms with Crippen molar-refractivity contribution in [3.05, 3.63) is 45.7 Å². The largest absolute Gasteiger partial charge is 0.496 e. The van der Waals surface area contributed by atoms with Gasteiger partial charge in [-0.25, -0.2) is 4.98 Å². The Kier molecular flexibility index (Phi) is 5.57. The van der Waals surface area contributed by atoms with E-state index in [1.54, 1.807) is 21.1 Å². The molecule has 142 valence electrons. The summed E-state index contributed by atoms with van der Waals surface area (Å²) in [5.41, 5.74) is 4.72. The summed E-state index contributed by atoms with van der Waals surface area (Å²) >= 11 is 1.35. The summed E-state index contributed by atoms with van der Waals surface area (Å²) in [4.78, 5) is 17.1. The van der Waals surface area contributed by atoms with Crippen molar-refractivity contribution >= 4 is 22.4 Å².